The Balaban J connectivity index is 2.23. The van der Waals surface area contributed by atoms with E-state index in [2.05, 4.69) is 5.32 Å². The summed E-state index contributed by atoms with van der Waals surface area (Å²) < 4.78 is 26.6. The summed E-state index contributed by atoms with van der Waals surface area (Å²) in [6.07, 6.45) is 0. The molecule has 0 aliphatic carbocycles. The van der Waals surface area contributed by atoms with E-state index in [0.717, 1.165) is 6.07 Å². The van der Waals surface area contributed by atoms with Crippen LogP contribution in [0.25, 0.3) is 0 Å². The molecule has 0 heterocycles. The van der Waals surface area contributed by atoms with E-state index in [4.69, 9.17) is 5.73 Å². The van der Waals surface area contributed by atoms with Crippen molar-refractivity contribution in [3.8, 4) is 0 Å². The van der Waals surface area contributed by atoms with E-state index in [1.807, 2.05) is 0 Å². The zero-order valence-electron chi connectivity index (χ0n) is 10.2. The van der Waals surface area contributed by atoms with E-state index < -0.39 is 17.5 Å². The number of nitrogens with one attached hydrogen (secondary N) is 1. The molecule has 0 aromatic heterocycles. The molecule has 2 aromatic carbocycles. The van der Waals surface area contributed by atoms with Gasteiger partial charge in [0.1, 0.15) is 11.6 Å². The van der Waals surface area contributed by atoms with Crippen LogP contribution in [-0.4, -0.2) is 5.91 Å². The fourth-order valence-electron chi connectivity index (χ4n) is 1.61. The molecule has 1 amide bonds. The Labute approximate surface area is 109 Å². The molecule has 0 spiro atoms. The Morgan fingerprint density at radius 2 is 1.84 bits per heavy atom. The molecule has 0 fully saturated rings. The van der Waals surface area contributed by atoms with Crippen LogP contribution in [0.2, 0.25) is 0 Å². The molecule has 0 bridgehead atoms. The number of hydrogen-bond donors (Lipinski definition) is 2. The van der Waals surface area contributed by atoms with Crippen LogP contribution in [0.5, 0.6) is 0 Å². The summed E-state index contributed by atoms with van der Waals surface area (Å²) in [5, 5.41) is 2.41. The Bertz CT molecular complexity index is 641. The van der Waals surface area contributed by atoms with Crippen molar-refractivity contribution in [1.82, 2.24) is 0 Å². The summed E-state index contributed by atoms with van der Waals surface area (Å²) in [6, 6.07) is 7.91. The Morgan fingerprint density at radius 3 is 2.47 bits per heavy atom. The third-order valence-corrected chi connectivity index (χ3v) is 2.66. The molecule has 0 saturated heterocycles. The molecule has 0 atom stereocenters. The molecule has 3 nitrogen and oxygen atoms in total. The van der Waals surface area contributed by atoms with Gasteiger partial charge in [-0.15, -0.1) is 0 Å². The summed E-state index contributed by atoms with van der Waals surface area (Å²) in [4.78, 5) is 11.9. The van der Waals surface area contributed by atoms with Gasteiger partial charge in [-0.25, -0.2) is 8.78 Å². The molecule has 19 heavy (non-hydrogen) atoms. The van der Waals surface area contributed by atoms with E-state index in [9.17, 15) is 13.6 Å². The van der Waals surface area contributed by atoms with Crippen molar-refractivity contribution in [3.05, 3.63) is 59.2 Å². The maximum atomic E-state index is 13.5. The van der Waals surface area contributed by atoms with Crippen molar-refractivity contribution in [2.75, 3.05) is 11.1 Å². The van der Waals surface area contributed by atoms with E-state index in [1.165, 1.54) is 30.3 Å². The molecule has 2 aromatic rings. The minimum absolute atomic E-state index is 0.0289. The molecule has 3 N–H and O–H groups in total. The number of nitrogen functional groups attached to an aromatic ring is 1. The molecular weight excluding hydrogens is 250 g/mol. The molecular formula is C14H12F2N2O. The first-order valence-corrected chi connectivity index (χ1v) is 5.60. The maximum Gasteiger partial charge on any atom is 0.255 e. The molecule has 2 rings (SSSR count). The number of rotatable bonds is 2. The Kier molecular flexibility index (Phi) is 3.46. The van der Waals surface area contributed by atoms with Crippen molar-refractivity contribution in [2.24, 2.45) is 0 Å². The van der Waals surface area contributed by atoms with Crippen molar-refractivity contribution < 1.29 is 13.6 Å². The van der Waals surface area contributed by atoms with Crippen LogP contribution in [0.1, 0.15) is 15.9 Å². The highest BCUT2D eigenvalue weighted by Gasteiger charge is 2.10. The van der Waals surface area contributed by atoms with Gasteiger partial charge in [0.25, 0.3) is 5.91 Å². The standard InChI is InChI=1S/C14H12F2N2O/c1-8-6-9(2-4-11(8)15)14(19)18-13-5-3-10(17)7-12(13)16/h2-7H,17H2,1H3,(H,18,19). The zero-order valence-corrected chi connectivity index (χ0v) is 10.2. The first-order valence-electron chi connectivity index (χ1n) is 5.60. The molecule has 0 unspecified atom stereocenters. The van der Waals surface area contributed by atoms with Gasteiger partial charge in [0.05, 0.1) is 5.69 Å². The summed E-state index contributed by atoms with van der Waals surface area (Å²) in [7, 11) is 0. The van der Waals surface area contributed by atoms with Crippen LogP contribution in [0.4, 0.5) is 20.2 Å². The molecule has 98 valence electrons. The lowest BCUT2D eigenvalue weighted by atomic mass is 10.1. The monoisotopic (exact) mass is 262 g/mol. The van der Waals surface area contributed by atoms with Gasteiger partial charge in [-0.1, -0.05) is 0 Å². The smallest absolute Gasteiger partial charge is 0.255 e. The van der Waals surface area contributed by atoms with Crippen LogP contribution < -0.4 is 11.1 Å². The number of hydrogen-bond acceptors (Lipinski definition) is 2. The quantitative estimate of drug-likeness (QED) is 0.817. The fraction of sp³-hybridized carbons (Fsp3) is 0.0714. The van der Waals surface area contributed by atoms with Gasteiger partial charge in [0.15, 0.2) is 0 Å². The first-order chi connectivity index (χ1) is 8.97. The predicted octanol–water partition coefficient (Wildman–Crippen LogP) is 3.11. The lowest BCUT2D eigenvalue weighted by molar-refractivity contribution is 0.102. The lowest BCUT2D eigenvalue weighted by Crippen LogP contribution is -2.13. The average Bonchev–Trinajstić information content (AvgIpc) is 2.36. The second kappa shape index (κ2) is 5.06. The van der Waals surface area contributed by atoms with E-state index in [1.54, 1.807) is 6.92 Å². The summed E-state index contributed by atoms with van der Waals surface area (Å²) >= 11 is 0. The second-order valence-corrected chi connectivity index (χ2v) is 4.16. The zero-order chi connectivity index (χ0) is 14.0. The lowest BCUT2D eigenvalue weighted by Gasteiger charge is -2.07. The van der Waals surface area contributed by atoms with Crippen LogP contribution in [-0.2, 0) is 0 Å². The Hall–Kier alpha value is -2.43. The van der Waals surface area contributed by atoms with E-state index in [-0.39, 0.29) is 16.9 Å². The highest BCUT2D eigenvalue weighted by molar-refractivity contribution is 6.04. The van der Waals surface area contributed by atoms with Crippen LogP contribution in [0.15, 0.2) is 36.4 Å². The molecule has 0 radical (unpaired) electrons. The van der Waals surface area contributed by atoms with Gasteiger partial charge in [-0.3, -0.25) is 4.79 Å². The molecule has 5 heteroatoms. The number of aryl methyl sites for hydroxylation is 1. The van der Waals surface area contributed by atoms with Crippen LogP contribution in [0, 0.1) is 18.6 Å². The summed E-state index contributed by atoms with van der Waals surface area (Å²) in [5.74, 6) is -1.52. The first kappa shape index (κ1) is 13.0. The maximum absolute atomic E-state index is 13.5. The minimum Gasteiger partial charge on any atom is -0.399 e. The number of carbonyl (C=O) groups excluding carboxylic acids is 1. The van der Waals surface area contributed by atoms with Crippen molar-refractivity contribution >= 4 is 17.3 Å². The van der Waals surface area contributed by atoms with E-state index in [0.29, 0.717) is 5.56 Å². The highest BCUT2D eigenvalue weighted by Crippen LogP contribution is 2.18. The van der Waals surface area contributed by atoms with Gasteiger partial charge in [0.2, 0.25) is 0 Å². The number of halogens is 2. The number of benzene rings is 2. The van der Waals surface area contributed by atoms with Gasteiger partial charge in [-0.2, -0.15) is 0 Å². The van der Waals surface area contributed by atoms with E-state index >= 15 is 0 Å². The number of amides is 1. The third kappa shape index (κ3) is 2.88. The molecule has 0 aliphatic heterocycles. The average molecular weight is 262 g/mol. The summed E-state index contributed by atoms with van der Waals surface area (Å²) in [6.45, 7) is 1.55. The fourth-order valence-corrected chi connectivity index (χ4v) is 1.61. The number of carbonyl (C=O) groups is 1. The summed E-state index contributed by atoms with van der Waals surface area (Å²) in [5.41, 5.74) is 6.32. The second-order valence-electron chi connectivity index (χ2n) is 4.16. The molecule has 0 saturated carbocycles. The molecule has 0 aliphatic rings. The SMILES string of the molecule is Cc1cc(C(=O)Nc2ccc(N)cc2F)ccc1F. The highest BCUT2D eigenvalue weighted by atomic mass is 19.1. The van der Waals surface area contributed by atoms with Crippen LogP contribution in [0.3, 0.4) is 0 Å². The van der Waals surface area contributed by atoms with Gasteiger partial charge in [0, 0.05) is 11.3 Å². The van der Waals surface area contributed by atoms with Gasteiger partial charge >= 0.3 is 0 Å². The normalized spacial score (nSPS) is 10.3. The van der Waals surface area contributed by atoms with Gasteiger partial charge in [-0.05, 0) is 48.9 Å². The number of anilines is 2. The van der Waals surface area contributed by atoms with Crippen molar-refractivity contribution in [3.63, 3.8) is 0 Å². The van der Waals surface area contributed by atoms with Crippen molar-refractivity contribution in [2.45, 2.75) is 6.92 Å². The Morgan fingerprint density at radius 1 is 1.11 bits per heavy atom. The number of nitrogens with two attached hydrogens (primary N) is 1. The largest absolute Gasteiger partial charge is 0.399 e. The van der Waals surface area contributed by atoms with Gasteiger partial charge < -0.3 is 11.1 Å². The van der Waals surface area contributed by atoms with Crippen LogP contribution >= 0.6 is 0 Å². The third-order valence-electron chi connectivity index (χ3n) is 2.66. The predicted molar refractivity (Wildman–Crippen MR) is 69.9 cm³/mol. The topological polar surface area (TPSA) is 55.1 Å². The van der Waals surface area contributed by atoms with Crippen molar-refractivity contribution in [1.29, 1.82) is 0 Å². The minimum atomic E-state index is -0.618.